The maximum absolute atomic E-state index is 12.6. The molecule has 0 saturated heterocycles. The Hall–Kier alpha value is -2.64. The summed E-state index contributed by atoms with van der Waals surface area (Å²) >= 11 is 1.18. The number of thiophene rings is 1. The number of nitrogens with one attached hydrogen (secondary N) is 1. The highest BCUT2D eigenvalue weighted by Gasteiger charge is 2.22. The zero-order chi connectivity index (χ0) is 20.9. The summed E-state index contributed by atoms with van der Waals surface area (Å²) in [6.07, 6.45) is 1.74. The predicted molar refractivity (Wildman–Crippen MR) is 118 cm³/mol. The van der Waals surface area contributed by atoms with Gasteiger partial charge in [-0.15, -0.1) is 11.3 Å². The Bertz CT molecular complexity index is 1030. The molecule has 3 aromatic rings. The number of carbonyl (C=O) groups excluding carboxylic acids is 1. The van der Waals surface area contributed by atoms with Gasteiger partial charge in [0.05, 0.1) is 5.69 Å². The zero-order valence-electron chi connectivity index (χ0n) is 16.4. The largest absolute Gasteiger partial charge is 0.350 e. The van der Waals surface area contributed by atoms with E-state index in [9.17, 15) is 13.2 Å². The van der Waals surface area contributed by atoms with E-state index in [4.69, 9.17) is 0 Å². The van der Waals surface area contributed by atoms with E-state index < -0.39 is 10.0 Å². The van der Waals surface area contributed by atoms with Crippen molar-refractivity contribution in [2.75, 3.05) is 11.4 Å². The van der Waals surface area contributed by atoms with Gasteiger partial charge in [0.2, 0.25) is 0 Å². The number of amides is 1. The van der Waals surface area contributed by atoms with Crippen LogP contribution in [0.5, 0.6) is 0 Å². The monoisotopic (exact) mass is 428 g/mol. The summed E-state index contributed by atoms with van der Waals surface area (Å²) in [5.74, 6) is -0.166. The fourth-order valence-corrected chi connectivity index (χ4v) is 5.27. The zero-order valence-corrected chi connectivity index (χ0v) is 18.0. The molecule has 152 valence electrons. The molecular weight excluding hydrogens is 404 g/mol. The molecular formula is C22H24N2O3S2. The highest BCUT2D eigenvalue weighted by molar-refractivity contribution is 7.94. The normalized spacial score (nSPS) is 12.3. The van der Waals surface area contributed by atoms with Gasteiger partial charge >= 0.3 is 0 Å². The summed E-state index contributed by atoms with van der Waals surface area (Å²) in [4.78, 5) is 12.5. The van der Waals surface area contributed by atoms with Crippen LogP contribution in [-0.4, -0.2) is 27.4 Å². The Balaban J connectivity index is 1.60. The standard InChI is InChI=1S/C22H24N2O3S2/c1-17(10-11-18-7-4-3-5-8-18)23-22(25)19-12-14-20(15-13-19)24(2)29(26,27)21-9-6-16-28-21/h3-9,12-17H,10-11H2,1-2H3,(H,23,25). The fraction of sp³-hybridized carbons (Fsp3) is 0.227. The van der Waals surface area contributed by atoms with Gasteiger partial charge in [-0.2, -0.15) is 0 Å². The van der Waals surface area contributed by atoms with E-state index in [-0.39, 0.29) is 16.2 Å². The lowest BCUT2D eigenvalue weighted by atomic mass is 10.1. The van der Waals surface area contributed by atoms with Gasteiger partial charge in [-0.05, 0) is 61.0 Å². The summed E-state index contributed by atoms with van der Waals surface area (Å²) in [5.41, 5.74) is 2.25. The number of hydrogen-bond donors (Lipinski definition) is 1. The quantitative estimate of drug-likeness (QED) is 0.581. The van der Waals surface area contributed by atoms with Crippen LogP contribution in [0.3, 0.4) is 0 Å². The molecule has 1 N–H and O–H groups in total. The smallest absolute Gasteiger partial charge is 0.273 e. The minimum absolute atomic E-state index is 0.0317. The van der Waals surface area contributed by atoms with Gasteiger partial charge in [-0.25, -0.2) is 8.42 Å². The minimum atomic E-state index is -3.58. The average molecular weight is 429 g/mol. The van der Waals surface area contributed by atoms with Crippen LogP contribution in [0.2, 0.25) is 0 Å². The van der Waals surface area contributed by atoms with Crippen molar-refractivity contribution in [3.8, 4) is 0 Å². The number of nitrogens with zero attached hydrogens (tertiary/aromatic N) is 1. The maximum atomic E-state index is 12.6. The molecule has 0 fully saturated rings. The van der Waals surface area contributed by atoms with Crippen molar-refractivity contribution < 1.29 is 13.2 Å². The third-order valence-corrected chi connectivity index (χ3v) is 7.85. The van der Waals surface area contributed by atoms with Gasteiger partial charge < -0.3 is 5.32 Å². The van der Waals surface area contributed by atoms with Crippen molar-refractivity contribution in [1.82, 2.24) is 5.32 Å². The van der Waals surface area contributed by atoms with Crippen LogP contribution in [0, 0.1) is 0 Å². The van der Waals surface area contributed by atoms with Crippen molar-refractivity contribution in [2.45, 2.75) is 30.0 Å². The van der Waals surface area contributed by atoms with Crippen LogP contribution in [0.4, 0.5) is 5.69 Å². The third-order valence-electron chi connectivity index (χ3n) is 4.69. The fourth-order valence-electron chi connectivity index (χ4n) is 2.91. The Morgan fingerprint density at radius 3 is 2.34 bits per heavy atom. The Morgan fingerprint density at radius 2 is 1.72 bits per heavy atom. The van der Waals surface area contributed by atoms with Crippen LogP contribution < -0.4 is 9.62 Å². The lowest BCUT2D eigenvalue weighted by molar-refractivity contribution is 0.0938. The summed E-state index contributed by atoms with van der Waals surface area (Å²) in [5, 5.41) is 4.73. The second kappa shape index (κ2) is 9.24. The van der Waals surface area contributed by atoms with Crippen molar-refractivity contribution >= 4 is 33.0 Å². The number of aryl methyl sites for hydroxylation is 1. The van der Waals surface area contributed by atoms with Crippen LogP contribution in [0.1, 0.15) is 29.3 Å². The second-order valence-electron chi connectivity index (χ2n) is 6.85. The van der Waals surface area contributed by atoms with Crippen molar-refractivity contribution in [1.29, 1.82) is 0 Å². The molecule has 1 aromatic heterocycles. The molecule has 7 heteroatoms. The van der Waals surface area contributed by atoms with Gasteiger partial charge in [-0.3, -0.25) is 9.10 Å². The molecule has 5 nitrogen and oxygen atoms in total. The van der Waals surface area contributed by atoms with Gasteiger partial charge in [0.15, 0.2) is 0 Å². The minimum Gasteiger partial charge on any atom is -0.350 e. The van der Waals surface area contributed by atoms with Crippen LogP contribution in [0.25, 0.3) is 0 Å². The topological polar surface area (TPSA) is 66.5 Å². The van der Waals surface area contributed by atoms with Crippen molar-refractivity contribution in [3.05, 3.63) is 83.2 Å². The molecule has 1 atom stereocenters. The number of rotatable bonds is 8. The van der Waals surface area contributed by atoms with E-state index in [0.717, 1.165) is 12.8 Å². The number of sulfonamides is 1. The number of hydrogen-bond acceptors (Lipinski definition) is 4. The molecule has 0 aliphatic carbocycles. The molecule has 0 spiro atoms. The van der Waals surface area contributed by atoms with E-state index in [1.54, 1.807) is 41.8 Å². The van der Waals surface area contributed by atoms with Gasteiger partial charge in [0.1, 0.15) is 4.21 Å². The molecule has 3 rings (SSSR count). The third kappa shape index (κ3) is 5.25. The first-order valence-electron chi connectivity index (χ1n) is 9.35. The lowest BCUT2D eigenvalue weighted by Crippen LogP contribution is -2.33. The van der Waals surface area contributed by atoms with Gasteiger partial charge in [0.25, 0.3) is 15.9 Å². The number of benzene rings is 2. The Labute approximate surface area is 176 Å². The van der Waals surface area contributed by atoms with E-state index in [2.05, 4.69) is 17.4 Å². The van der Waals surface area contributed by atoms with Crippen molar-refractivity contribution in [2.24, 2.45) is 0 Å². The molecule has 0 bridgehead atoms. The Morgan fingerprint density at radius 1 is 1.03 bits per heavy atom. The molecule has 1 heterocycles. The lowest BCUT2D eigenvalue weighted by Gasteiger charge is -2.19. The maximum Gasteiger partial charge on any atom is 0.273 e. The van der Waals surface area contributed by atoms with E-state index >= 15 is 0 Å². The highest BCUT2D eigenvalue weighted by Crippen LogP contribution is 2.25. The van der Waals surface area contributed by atoms with Crippen LogP contribution in [-0.2, 0) is 16.4 Å². The van der Waals surface area contributed by atoms with Crippen molar-refractivity contribution in [3.63, 3.8) is 0 Å². The summed E-state index contributed by atoms with van der Waals surface area (Å²) in [6.45, 7) is 1.98. The Kier molecular flexibility index (Phi) is 6.71. The molecule has 1 unspecified atom stereocenters. The SMILES string of the molecule is CC(CCc1ccccc1)NC(=O)c1ccc(N(C)S(=O)(=O)c2cccs2)cc1. The molecule has 0 aliphatic rings. The van der Waals surface area contributed by atoms with Crippen LogP contribution in [0.15, 0.2) is 76.3 Å². The number of anilines is 1. The summed E-state index contributed by atoms with van der Waals surface area (Å²) < 4.78 is 26.7. The first-order valence-corrected chi connectivity index (χ1v) is 11.7. The second-order valence-corrected chi connectivity index (χ2v) is 9.99. The first-order chi connectivity index (χ1) is 13.9. The molecule has 0 saturated carbocycles. The van der Waals surface area contributed by atoms with Gasteiger partial charge in [0, 0.05) is 18.7 Å². The predicted octanol–water partition coefficient (Wildman–Crippen LogP) is 4.32. The van der Waals surface area contributed by atoms with E-state index in [1.165, 1.54) is 28.3 Å². The molecule has 0 aliphatic heterocycles. The summed E-state index contributed by atoms with van der Waals surface area (Å²) in [6, 6.07) is 20.1. The van der Waals surface area contributed by atoms with Gasteiger partial charge in [-0.1, -0.05) is 36.4 Å². The molecule has 2 aromatic carbocycles. The molecule has 1 amide bonds. The highest BCUT2D eigenvalue weighted by atomic mass is 32.2. The molecule has 0 radical (unpaired) electrons. The van der Waals surface area contributed by atoms with E-state index in [1.807, 2.05) is 25.1 Å². The number of carbonyl (C=O) groups is 1. The van der Waals surface area contributed by atoms with E-state index in [0.29, 0.717) is 11.3 Å². The molecule has 29 heavy (non-hydrogen) atoms. The summed E-state index contributed by atoms with van der Waals surface area (Å²) in [7, 11) is -2.07. The first kappa shape index (κ1) is 21.1. The average Bonchev–Trinajstić information content (AvgIpc) is 3.28. The van der Waals surface area contributed by atoms with Crippen LogP contribution >= 0.6 is 11.3 Å².